The first kappa shape index (κ1) is 14.6. The number of hydrogen-bond acceptors (Lipinski definition) is 5. The molecule has 0 fully saturated rings. The molecule has 0 saturated carbocycles. The molecule has 1 amide bonds. The summed E-state index contributed by atoms with van der Waals surface area (Å²) in [4.78, 5) is 11.3. The molecule has 1 heterocycles. The Morgan fingerprint density at radius 3 is 2.85 bits per heavy atom. The van der Waals surface area contributed by atoms with Crippen LogP contribution in [-0.2, 0) is 4.79 Å². The molecule has 0 saturated heterocycles. The summed E-state index contributed by atoms with van der Waals surface area (Å²) in [5.41, 5.74) is 0.734. The van der Waals surface area contributed by atoms with Crippen molar-refractivity contribution in [1.82, 2.24) is 10.6 Å². The van der Waals surface area contributed by atoms with Gasteiger partial charge in [0.05, 0.1) is 12.6 Å². The van der Waals surface area contributed by atoms with Gasteiger partial charge in [0.25, 0.3) is 0 Å². The van der Waals surface area contributed by atoms with E-state index in [1.54, 1.807) is 18.2 Å². The molecule has 0 radical (unpaired) electrons. The lowest BCUT2D eigenvalue weighted by atomic mass is 10.1. The number of amides is 1. The van der Waals surface area contributed by atoms with Gasteiger partial charge in [0, 0.05) is 13.1 Å². The average Bonchev–Trinajstić information content (AvgIpc) is 2.47. The summed E-state index contributed by atoms with van der Waals surface area (Å²) < 4.78 is 10.9. The van der Waals surface area contributed by atoms with Gasteiger partial charge in [-0.25, -0.2) is 0 Å². The van der Waals surface area contributed by atoms with E-state index in [0.29, 0.717) is 37.8 Å². The van der Waals surface area contributed by atoms with E-state index in [-0.39, 0.29) is 12.5 Å². The van der Waals surface area contributed by atoms with Gasteiger partial charge in [-0.05, 0) is 24.6 Å². The van der Waals surface area contributed by atoms with E-state index in [0.717, 1.165) is 5.56 Å². The minimum Gasteiger partial charge on any atom is -0.486 e. The lowest BCUT2D eigenvalue weighted by molar-refractivity contribution is -0.120. The lowest BCUT2D eigenvalue weighted by Crippen LogP contribution is -2.35. The van der Waals surface area contributed by atoms with Gasteiger partial charge in [-0.1, -0.05) is 6.07 Å². The Balaban J connectivity index is 1.86. The van der Waals surface area contributed by atoms with Gasteiger partial charge in [0.2, 0.25) is 5.91 Å². The van der Waals surface area contributed by atoms with Crippen molar-refractivity contribution >= 4 is 5.91 Å². The van der Waals surface area contributed by atoms with Gasteiger partial charge < -0.3 is 25.2 Å². The fourth-order valence-electron chi connectivity index (χ4n) is 1.97. The number of rotatable bonds is 6. The summed E-state index contributed by atoms with van der Waals surface area (Å²) >= 11 is 0. The second-order valence-corrected chi connectivity index (χ2v) is 4.50. The second-order valence-electron chi connectivity index (χ2n) is 4.50. The second kappa shape index (κ2) is 7.12. The minimum atomic E-state index is -0.694. The molecule has 0 aromatic heterocycles. The van der Waals surface area contributed by atoms with E-state index < -0.39 is 6.10 Å². The quantitative estimate of drug-likeness (QED) is 0.694. The molecule has 1 unspecified atom stereocenters. The molecular weight excluding hydrogens is 260 g/mol. The van der Waals surface area contributed by atoms with E-state index >= 15 is 0 Å². The van der Waals surface area contributed by atoms with Gasteiger partial charge in [-0.3, -0.25) is 4.79 Å². The summed E-state index contributed by atoms with van der Waals surface area (Å²) in [6, 6.07) is 5.36. The minimum absolute atomic E-state index is 0.0816. The number of hydrogen-bond donors (Lipinski definition) is 3. The molecule has 0 aliphatic carbocycles. The summed E-state index contributed by atoms with van der Waals surface area (Å²) in [6.07, 6.45) is -0.694. The van der Waals surface area contributed by atoms with E-state index in [1.807, 2.05) is 6.92 Å². The smallest absolute Gasteiger partial charge is 0.233 e. The Labute approximate surface area is 118 Å². The standard InChI is InChI=1S/C14H20N2O4/c1-2-16-14(18)9-15-8-11(17)10-3-4-12-13(7-10)20-6-5-19-12/h3-4,7,11,15,17H,2,5-6,8-9H2,1H3,(H,16,18). The number of ether oxygens (including phenoxy) is 2. The number of fused-ring (bicyclic) bond motifs is 1. The zero-order valence-corrected chi connectivity index (χ0v) is 11.5. The van der Waals surface area contributed by atoms with Crippen molar-refractivity contribution in [3.8, 4) is 11.5 Å². The van der Waals surface area contributed by atoms with Crippen molar-refractivity contribution in [3.05, 3.63) is 23.8 Å². The lowest BCUT2D eigenvalue weighted by Gasteiger charge is -2.20. The number of carbonyl (C=O) groups is 1. The van der Waals surface area contributed by atoms with Crippen LogP contribution >= 0.6 is 0 Å². The van der Waals surface area contributed by atoms with Crippen LogP contribution in [0.1, 0.15) is 18.6 Å². The molecule has 0 bridgehead atoms. The average molecular weight is 280 g/mol. The molecule has 6 nitrogen and oxygen atoms in total. The fraction of sp³-hybridized carbons (Fsp3) is 0.500. The topological polar surface area (TPSA) is 79.8 Å². The largest absolute Gasteiger partial charge is 0.486 e. The molecular formula is C14H20N2O4. The highest BCUT2D eigenvalue weighted by Crippen LogP contribution is 2.32. The Hall–Kier alpha value is -1.79. The van der Waals surface area contributed by atoms with Crippen LogP contribution < -0.4 is 20.1 Å². The predicted molar refractivity (Wildman–Crippen MR) is 73.9 cm³/mol. The van der Waals surface area contributed by atoms with Crippen LogP contribution in [0.2, 0.25) is 0 Å². The van der Waals surface area contributed by atoms with Crippen molar-refractivity contribution in [2.24, 2.45) is 0 Å². The highest BCUT2D eigenvalue weighted by Gasteiger charge is 2.15. The first-order valence-electron chi connectivity index (χ1n) is 6.75. The summed E-state index contributed by atoms with van der Waals surface area (Å²) in [7, 11) is 0. The van der Waals surface area contributed by atoms with Crippen molar-refractivity contribution in [1.29, 1.82) is 0 Å². The number of benzene rings is 1. The molecule has 1 aliphatic heterocycles. The number of nitrogens with one attached hydrogen (secondary N) is 2. The highest BCUT2D eigenvalue weighted by atomic mass is 16.6. The van der Waals surface area contributed by atoms with E-state index in [2.05, 4.69) is 10.6 Å². The van der Waals surface area contributed by atoms with Crippen LogP contribution in [0.4, 0.5) is 0 Å². The molecule has 3 N–H and O–H groups in total. The zero-order valence-electron chi connectivity index (χ0n) is 11.5. The zero-order chi connectivity index (χ0) is 14.4. The number of aliphatic hydroxyl groups excluding tert-OH is 1. The molecule has 1 aliphatic rings. The van der Waals surface area contributed by atoms with Crippen LogP contribution in [0.5, 0.6) is 11.5 Å². The maximum atomic E-state index is 11.3. The van der Waals surface area contributed by atoms with E-state index in [4.69, 9.17) is 9.47 Å². The molecule has 1 aromatic carbocycles. The molecule has 0 spiro atoms. The molecule has 6 heteroatoms. The van der Waals surface area contributed by atoms with Gasteiger partial charge in [-0.15, -0.1) is 0 Å². The van der Waals surface area contributed by atoms with E-state index in [1.165, 1.54) is 0 Å². The number of aliphatic hydroxyl groups is 1. The molecule has 20 heavy (non-hydrogen) atoms. The summed E-state index contributed by atoms with van der Waals surface area (Å²) in [5, 5.41) is 15.7. The SMILES string of the molecule is CCNC(=O)CNCC(O)c1ccc2c(c1)OCCO2. The third-order valence-corrected chi connectivity index (χ3v) is 2.95. The Morgan fingerprint density at radius 1 is 1.35 bits per heavy atom. The van der Waals surface area contributed by atoms with Crippen LogP contribution in [0.25, 0.3) is 0 Å². The molecule has 1 atom stereocenters. The maximum absolute atomic E-state index is 11.3. The van der Waals surface area contributed by atoms with Crippen LogP contribution in [0.15, 0.2) is 18.2 Å². The van der Waals surface area contributed by atoms with Crippen molar-refractivity contribution in [2.45, 2.75) is 13.0 Å². The highest BCUT2D eigenvalue weighted by molar-refractivity contribution is 5.77. The molecule has 110 valence electrons. The van der Waals surface area contributed by atoms with Gasteiger partial charge in [0.1, 0.15) is 13.2 Å². The monoisotopic (exact) mass is 280 g/mol. The third-order valence-electron chi connectivity index (χ3n) is 2.95. The third kappa shape index (κ3) is 3.85. The Bertz CT molecular complexity index is 464. The molecule has 1 aromatic rings. The number of carbonyl (C=O) groups excluding carboxylic acids is 1. The van der Waals surface area contributed by atoms with Gasteiger partial charge >= 0.3 is 0 Å². The fourth-order valence-corrected chi connectivity index (χ4v) is 1.97. The van der Waals surface area contributed by atoms with Crippen LogP contribution in [-0.4, -0.2) is 43.9 Å². The first-order valence-corrected chi connectivity index (χ1v) is 6.75. The number of likely N-dealkylation sites (N-methyl/N-ethyl adjacent to an activating group) is 1. The maximum Gasteiger partial charge on any atom is 0.233 e. The van der Waals surface area contributed by atoms with Crippen molar-refractivity contribution in [2.75, 3.05) is 32.8 Å². The summed E-state index contributed by atoms with van der Waals surface area (Å²) in [5.74, 6) is 1.26. The first-order chi connectivity index (χ1) is 9.70. The van der Waals surface area contributed by atoms with Crippen LogP contribution in [0, 0.1) is 0 Å². The molecule has 2 rings (SSSR count). The Kier molecular flexibility index (Phi) is 5.20. The summed E-state index contributed by atoms with van der Waals surface area (Å²) in [6.45, 7) is 4.02. The normalized spacial score (nSPS) is 14.7. The van der Waals surface area contributed by atoms with Gasteiger partial charge in [-0.2, -0.15) is 0 Å². The predicted octanol–water partition coefficient (Wildman–Crippen LogP) is 0.217. The van der Waals surface area contributed by atoms with Crippen LogP contribution in [0.3, 0.4) is 0 Å². The van der Waals surface area contributed by atoms with Gasteiger partial charge in [0.15, 0.2) is 11.5 Å². The van der Waals surface area contributed by atoms with E-state index in [9.17, 15) is 9.90 Å². The van der Waals surface area contributed by atoms with Crippen molar-refractivity contribution in [3.63, 3.8) is 0 Å². The Morgan fingerprint density at radius 2 is 2.10 bits per heavy atom. The van der Waals surface area contributed by atoms with Crippen molar-refractivity contribution < 1.29 is 19.4 Å².